The summed E-state index contributed by atoms with van der Waals surface area (Å²) in [6.45, 7) is 0. The molecule has 9 aromatic rings. The molecule has 0 bridgehead atoms. The lowest BCUT2D eigenvalue weighted by molar-refractivity contribution is 1.07. The van der Waals surface area contributed by atoms with Gasteiger partial charge in [0.2, 0.25) is 0 Å². The number of hydrogen-bond donors (Lipinski definition) is 0. The zero-order chi connectivity index (χ0) is 42.1. The molecule has 0 aliphatic heterocycles. The Morgan fingerprint density at radius 1 is 0.408 bits per heavy atom. The summed E-state index contributed by atoms with van der Waals surface area (Å²) in [6.07, 6.45) is 0. The highest BCUT2D eigenvalue weighted by atomic mass is 32.1. The molecule has 0 saturated carbocycles. The van der Waals surface area contributed by atoms with Crippen LogP contribution in [0.15, 0.2) is 176 Å². The first-order chi connectivity index (χ1) is 28.8. The summed E-state index contributed by atoms with van der Waals surface area (Å²) in [7, 11) is 0. The third-order valence-corrected chi connectivity index (χ3v) is 9.23. The largest absolute Gasteiger partial charge is 0.208 e. The maximum Gasteiger partial charge on any atom is 0.164 e. The van der Waals surface area contributed by atoms with Crippen LogP contribution in [0.25, 0.3) is 87.7 Å². The van der Waals surface area contributed by atoms with E-state index in [-0.39, 0.29) is 74.3 Å². The summed E-state index contributed by atoms with van der Waals surface area (Å²) >= 11 is 1.08. The maximum absolute atomic E-state index is 9.62. The second-order valence-electron chi connectivity index (χ2n) is 11.2. The van der Waals surface area contributed by atoms with Gasteiger partial charge in [-0.05, 0) is 57.6 Å². The minimum absolute atomic E-state index is 0.0464. The van der Waals surface area contributed by atoms with Gasteiger partial charge in [-0.2, -0.15) is 0 Å². The van der Waals surface area contributed by atoms with Crippen LogP contribution in [0.5, 0.6) is 0 Å². The normalized spacial score (nSPS) is 14.4. The summed E-state index contributed by atoms with van der Waals surface area (Å²) in [5, 5.41) is 0.288. The number of nitrogens with zero attached hydrogens (tertiary/aromatic N) is 3. The Bertz CT molecular complexity index is 3130. The van der Waals surface area contributed by atoms with Crippen LogP contribution in [0.2, 0.25) is 0 Å². The van der Waals surface area contributed by atoms with E-state index in [1.54, 1.807) is 30.3 Å². The van der Waals surface area contributed by atoms with Crippen LogP contribution < -0.4 is 0 Å². The fraction of sp³-hybridized carbons (Fsp3) is 0. The molecular formula is C45H29N3S. The molecule has 0 saturated heterocycles. The number of rotatable bonds is 6. The second kappa shape index (κ2) is 12.4. The van der Waals surface area contributed by atoms with Crippen molar-refractivity contribution in [2.45, 2.75) is 0 Å². The van der Waals surface area contributed by atoms with Crippen LogP contribution >= 0.6 is 11.3 Å². The number of thiophene rings is 1. The van der Waals surface area contributed by atoms with Gasteiger partial charge in [0.1, 0.15) is 0 Å². The van der Waals surface area contributed by atoms with Gasteiger partial charge in [-0.25, -0.2) is 15.0 Å². The van der Waals surface area contributed by atoms with Crippen LogP contribution in [-0.2, 0) is 0 Å². The summed E-state index contributed by atoms with van der Waals surface area (Å²) < 4.78 is 98.3. The number of hydrogen-bond acceptors (Lipinski definition) is 4. The molecular weight excluding hydrogens is 615 g/mol. The van der Waals surface area contributed by atoms with Crippen LogP contribution in [0.3, 0.4) is 0 Å². The minimum Gasteiger partial charge on any atom is -0.208 e. The third kappa shape index (κ3) is 5.58. The smallest absolute Gasteiger partial charge is 0.164 e. The molecule has 9 rings (SSSR count). The first kappa shape index (κ1) is 19.6. The van der Waals surface area contributed by atoms with E-state index in [2.05, 4.69) is 21.0 Å². The van der Waals surface area contributed by atoms with Crippen molar-refractivity contribution >= 4 is 31.5 Å². The fourth-order valence-electron chi connectivity index (χ4n) is 5.78. The molecule has 4 heteroatoms. The van der Waals surface area contributed by atoms with E-state index in [1.807, 2.05) is 72.8 Å². The second-order valence-corrected chi connectivity index (χ2v) is 12.2. The molecule has 0 amide bonds. The van der Waals surface area contributed by atoms with E-state index < -0.39 is 36.3 Å². The third-order valence-electron chi connectivity index (χ3n) is 8.11. The highest BCUT2D eigenvalue weighted by molar-refractivity contribution is 7.26. The highest BCUT2D eigenvalue weighted by Crippen LogP contribution is 2.43. The molecule has 0 spiro atoms. The zero-order valence-corrected chi connectivity index (χ0v) is 26.5. The quantitative estimate of drug-likeness (QED) is 0.179. The highest BCUT2D eigenvalue weighted by Gasteiger charge is 2.16. The fourth-order valence-corrected chi connectivity index (χ4v) is 6.91. The lowest BCUT2D eigenvalue weighted by atomic mass is 9.93. The van der Waals surface area contributed by atoms with Gasteiger partial charge in [0.25, 0.3) is 0 Å². The van der Waals surface area contributed by atoms with E-state index >= 15 is 0 Å². The average molecular weight is 655 g/mol. The standard InChI is InChI=1S/C45H29N3S/c1-5-14-30(15-6-1)35-26-36(31-16-7-2-8-17-31)28-37(27-35)38-22-13-23-40-39-25-24-34(29-41(39)49-42(38)40)45-47-43(32-18-9-3-10-19-32)46-44(48-45)33-20-11-4-12-21-33/h1-29H/i3D,9D,10D,13D,18D,19D,22D,23D,24D,25D,29D. The Kier molecular flexibility index (Phi) is 4.96. The Balaban J connectivity index is 1.34. The van der Waals surface area contributed by atoms with Crippen molar-refractivity contribution in [1.82, 2.24) is 15.0 Å². The monoisotopic (exact) mass is 654 g/mol. The Morgan fingerprint density at radius 3 is 1.59 bits per heavy atom. The van der Waals surface area contributed by atoms with E-state index in [0.29, 0.717) is 21.4 Å². The van der Waals surface area contributed by atoms with Crippen LogP contribution in [-0.4, -0.2) is 15.0 Å². The van der Waals surface area contributed by atoms with E-state index in [9.17, 15) is 5.48 Å². The van der Waals surface area contributed by atoms with Crippen molar-refractivity contribution in [3.63, 3.8) is 0 Å². The minimum atomic E-state index is -0.592. The first-order valence-corrected chi connectivity index (χ1v) is 16.3. The molecule has 0 fully saturated rings. The lowest BCUT2D eigenvalue weighted by Crippen LogP contribution is -1.99. The van der Waals surface area contributed by atoms with Gasteiger partial charge >= 0.3 is 0 Å². The molecule has 0 unspecified atom stereocenters. The van der Waals surface area contributed by atoms with Gasteiger partial charge in [0.15, 0.2) is 17.5 Å². The summed E-state index contributed by atoms with van der Waals surface area (Å²) in [6, 6.07) is 29.4. The SMILES string of the molecule is [2H]c1c([2H])c([2H])c(-c2nc(-c3ccccc3)nc(-c3c([2H])c([2H])c4c(sc5c(-c6cc(-c7ccccc7)cc(-c7ccccc7)c6)c([2H])c([2H])c([2H])c54)c3[2H])n2)c([2H])c1[2H]. The van der Waals surface area contributed by atoms with Crippen molar-refractivity contribution in [2.75, 3.05) is 0 Å². The molecule has 230 valence electrons. The van der Waals surface area contributed by atoms with Crippen molar-refractivity contribution in [3.05, 3.63) is 176 Å². The Hall–Kier alpha value is -6.23. The van der Waals surface area contributed by atoms with Gasteiger partial charge in [-0.1, -0.05) is 151 Å². The predicted octanol–water partition coefficient (Wildman–Crippen LogP) is 12.2. The van der Waals surface area contributed by atoms with E-state index in [0.717, 1.165) is 33.6 Å². The van der Waals surface area contributed by atoms with Crippen LogP contribution in [0.4, 0.5) is 0 Å². The van der Waals surface area contributed by atoms with Crippen molar-refractivity contribution in [2.24, 2.45) is 0 Å². The molecule has 2 heterocycles. The van der Waals surface area contributed by atoms with Gasteiger partial charge in [0, 0.05) is 36.9 Å². The van der Waals surface area contributed by atoms with Crippen LogP contribution in [0.1, 0.15) is 15.1 Å². The van der Waals surface area contributed by atoms with E-state index in [1.165, 1.54) is 0 Å². The summed E-state index contributed by atoms with van der Waals surface area (Å²) in [5.41, 5.74) is 4.55. The number of aromatic nitrogens is 3. The maximum atomic E-state index is 9.62. The number of fused-ring (bicyclic) bond motifs is 3. The van der Waals surface area contributed by atoms with Gasteiger partial charge in [0.05, 0.1) is 15.1 Å². The van der Waals surface area contributed by atoms with Crippen LogP contribution in [0, 0.1) is 0 Å². The molecule has 3 nitrogen and oxygen atoms in total. The molecule has 0 aliphatic rings. The summed E-state index contributed by atoms with van der Waals surface area (Å²) in [4.78, 5) is 13.7. The zero-order valence-electron chi connectivity index (χ0n) is 36.6. The predicted molar refractivity (Wildman–Crippen MR) is 205 cm³/mol. The topological polar surface area (TPSA) is 38.7 Å². The van der Waals surface area contributed by atoms with Crippen molar-refractivity contribution < 1.29 is 15.1 Å². The molecule has 0 atom stereocenters. The Morgan fingerprint density at radius 2 is 0.959 bits per heavy atom. The average Bonchev–Trinajstić information content (AvgIpc) is 3.68. The molecule has 0 radical (unpaired) electrons. The van der Waals surface area contributed by atoms with Gasteiger partial charge < -0.3 is 0 Å². The van der Waals surface area contributed by atoms with Crippen molar-refractivity contribution in [3.8, 4) is 67.5 Å². The molecule has 0 aliphatic carbocycles. The van der Waals surface area contributed by atoms with Gasteiger partial charge in [-0.3, -0.25) is 0 Å². The molecule has 7 aromatic carbocycles. The van der Waals surface area contributed by atoms with Crippen molar-refractivity contribution in [1.29, 1.82) is 0 Å². The lowest BCUT2D eigenvalue weighted by Gasteiger charge is -2.12. The first-order valence-electron chi connectivity index (χ1n) is 21.0. The van der Waals surface area contributed by atoms with Gasteiger partial charge in [-0.15, -0.1) is 11.3 Å². The molecule has 49 heavy (non-hydrogen) atoms. The molecule has 0 N–H and O–H groups in total. The number of benzene rings is 7. The summed E-state index contributed by atoms with van der Waals surface area (Å²) in [5.74, 6) is -0.464. The molecule has 2 aromatic heterocycles. The van der Waals surface area contributed by atoms with E-state index in [4.69, 9.17) is 9.60 Å². The Labute approximate surface area is 304 Å².